The number of aryl methyl sites for hydroxylation is 1. The topological polar surface area (TPSA) is 49.4 Å². The molecule has 4 nitrogen and oxygen atoms in total. The second-order valence-corrected chi connectivity index (χ2v) is 11.2. The zero-order valence-corrected chi connectivity index (χ0v) is 23.9. The molecule has 0 radical (unpaired) electrons. The molecular formula is C37H40N2O2. The Morgan fingerprint density at radius 3 is 1.88 bits per heavy atom. The van der Waals surface area contributed by atoms with Gasteiger partial charge in [0.05, 0.1) is 0 Å². The lowest BCUT2D eigenvalue weighted by atomic mass is 9.87. The average Bonchev–Trinajstić information content (AvgIpc) is 3.53. The molecule has 5 rings (SSSR count). The van der Waals surface area contributed by atoms with E-state index in [1.807, 2.05) is 83.8 Å². The van der Waals surface area contributed by atoms with E-state index in [2.05, 4.69) is 48.6 Å². The SMILES string of the molecule is Cc1ccccc1CN(C(=O)CC(c1ccccc1)c1ccccc1)[C@H](Cc1ccccc1)C(=O)NC1CCCC1. The van der Waals surface area contributed by atoms with Gasteiger partial charge in [0.15, 0.2) is 0 Å². The maximum Gasteiger partial charge on any atom is 0.243 e. The molecule has 1 atom stereocenters. The quantitative estimate of drug-likeness (QED) is 0.217. The van der Waals surface area contributed by atoms with Crippen molar-refractivity contribution in [2.45, 2.75) is 70.0 Å². The number of carbonyl (C=O) groups is 2. The summed E-state index contributed by atoms with van der Waals surface area (Å²) in [5.41, 5.74) is 5.41. The Morgan fingerprint density at radius 2 is 1.29 bits per heavy atom. The van der Waals surface area contributed by atoms with Crippen molar-refractivity contribution in [3.8, 4) is 0 Å². The number of nitrogens with zero attached hydrogens (tertiary/aromatic N) is 1. The summed E-state index contributed by atoms with van der Waals surface area (Å²) in [7, 11) is 0. The van der Waals surface area contributed by atoms with Gasteiger partial charge in [-0.1, -0.05) is 128 Å². The Kier molecular flexibility index (Phi) is 9.64. The maximum atomic E-state index is 14.5. The molecule has 0 aliphatic heterocycles. The predicted molar refractivity (Wildman–Crippen MR) is 165 cm³/mol. The molecule has 0 saturated heterocycles. The zero-order valence-electron chi connectivity index (χ0n) is 23.9. The Labute approximate surface area is 244 Å². The molecule has 1 fully saturated rings. The third kappa shape index (κ3) is 7.52. The van der Waals surface area contributed by atoms with Crippen LogP contribution >= 0.6 is 0 Å². The van der Waals surface area contributed by atoms with Gasteiger partial charge in [-0.3, -0.25) is 9.59 Å². The number of carbonyl (C=O) groups excluding carboxylic acids is 2. The molecule has 1 aliphatic rings. The minimum Gasteiger partial charge on any atom is -0.352 e. The van der Waals surface area contributed by atoms with E-state index >= 15 is 0 Å². The minimum atomic E-state index is -0.614. The highest BCUT2D eigenvalue weighted by Gasteiger charge is 2.33. The molecule has 210 valence electrons. The van der Waals surface area contributed by atoms with Gasteiger partial charge in [0.1, 0.15) is 6.04 Å². The van der Waals surface area contributed by atoms with Crippen molar-refractivity contribution in [3.63, 3.8) is 0 Å². The molecule has 4 heteroatoms. The summed E-state index contributed by atoms with van der Waals surface area (Å²) in [5, 5.41) is 3.32. The van der Waals surface area contributed by atoms with E-state index in [4.69, 9.17) is 0 Å². The first-order chi connectivity index (χ1) is 20.1. The highest BCUT2D eigenvalue weighted by atomic mass is 16.2. The third-order valence-electron chi connectivity index (χ3n) is 8.36. The molecule has 1 N–H and O–H groups in total. The van der Waals surface area contributed by atoms with Crippen molar-refractivity contribution < 1.29 is 9.59 Å². The van der Waals surface area contributed by atoms with Gasteiger partial charge in [0.25, 0.3) is 0 Å². The molecule has 0 spiro atoms. The predicted octanol–water partition coefficient (Wildman–Crippen LogP) is 7.22. The van der Waals surface area contributed by atoms with Crippen LogP contribution in [0.3, 0.4) is 0 Å². The van der Waals surface area contributed by atoms with Crippen molar-refractivity contribution in [3.05, 3.63) is 143 Å². The van der Waals surface area contributed by atoms with Crippen LogP contribution in [0.15, 0.2) is 115 Å². The van der Waals surface area contributed by atoms with Crippen LogP contribution in [0.1, 0.15) is 65.8 Å². The van der Waals surface area contributed by atoms with E-state index in [1.54, 1.807) is 0 Å². The summed E-state index contributed by atoms with van der Waals surface area (Å²) in [6.45, 7) is 2.46. The Balaban J connectivity index is 1.52. The van der Waals surface area contributed by atoms with E-state index in [1.165, 1.54) is 0 Å². The molecular weight excluding hydrogens is 504 g/mol. The first-order valence-electron chi connectivity index (χ1n) is 14.9. The van der Waals surface area contributed by atoms with Crippen LogP contribution in [0.25, 0.3) is 0 Å². The van der Waals surface area contributed by atoms with Crippen molar-refractivity contribution in [1.29, 1.82) is 0 Å². The van der Waals surface area contributed by atoms with E-state index in [0.717, 1.165) is 53.5 Å². The second kappa shape index (κ2) is 13.9. The lowest BCUT2D eigenvalue weighted by molar-refractivity contribution is -0.141. The van der Waals surface area contributed by atoms with Crippen LogP contribution in [-0.2, 0) is 22.6 Å². The molecule has 0 heterocycles. The van der Waals surface area contributed by atoms with Crippen LogP contribution in [0.2, 0.25) is 0 Å². The first-order valence-corrected chi connectivity index (χ1v) is 14.9. The van der Waals surface area contributed by atoms with Crippen LogP contribution in [0, 0.1) is 6.92 Å². The van der Waals surface area contributed by atoms with Crippen molar-refractivity contribution in [2.75, 3.05) is 0 Å². The van der Waals surface area contributed by atoms with Gasteiger partial charge in [-0.05, 0) is 47.6 Å². The third-order valence-corrected chi connectivity index (χ3v) is 8.36. The lowest BCUT2D eigenvalue weighted by Crippen LogP contribution is -2.52. The summed E-state index contributed by atoms with van der Waals surface area (Å²) in [6.07, 6.45) is 5.02. The van der Waals surface area contributed by atoms with Crippen molar-refractivity contribution >= 4 is 11.8 Å². The fourth-order valence-electron chi connectivity index (χ4n) is 5.98. The summed E-state index contributed by atoms with van der Waals surface area (Å²) in [6, 6.07) is 38.2. The van der Waals surface area contributed by atoms with Crippen LogP contribution in [-0.4, -0.2) is 28.8 Å². The Bertz CT molecular complexity index is 1360. The van der Waals surface area contributed by atoms with Crippen molar-refractivity contribution in [2.24, 2.45) is 0 Å². The van der Waals surface area contributed by atoms with E-state index in [-0.39, 0.29) is 30.2 Å². The average molecular weight is 545 g/mol. The van der Waals surface area contributed by atoms with Crippen LogP contribution < -0.4 is 5.32 Å². The first kappa shape index (κ1) is 28.4. The van der Waals surface area contributed by atoms with Crippen molar-refractivity contribution in [1.82, 2.24) is 10.2 Å². The number of benzene rings is 4. The standard InChI is InChI=1S/C37H40N2O2/c1-28-15-11-12-22-32(28)27-39(35(25-29-16-5-2-6-17-29)37(41)38-33-23-13-14-24-33)36(40)26-34(30-18-7-3-8-19-30)31-20-9-4-10-21-31/h2-12,15-22,33-35H,13-14,23-27H2,1H3,(H,38,41)/t35-/m1/s1. The summed E-state index contributed by atoms with van der Waals surface area (Å²) in [4.78, 5) is 30.4. The normalized spacial score (nSPS) is 14.1. The van der Waals surface area contributed by atoms with Gasteiger partial charge in [-0.25, -0.2) is 0 Å². The zero-order chi connectivity index (χ0) is 28.4. The molecule has 4 aromatic rings. The summed E-state index contributed by atoms with van der Waals surface area (Å²) in [5.74, 6) is -0.188. The highest BCUT2D eigenvalue weighted by Crippen LogP contribution is 2.30. The number of hydrogen-bond donors (Lipinski definition) is 1. The Morgan fingerprint density at radius 1 is 0.756 bits per heavy atom. The number of nitrogens with one attached hydrogen (secondary N) is 1. The van der Waals surface area contributed by atoms with Crippen LogP contribution in [0.4, 0.5) is 0 Å². The molecule has 0 unspecified atom stereocenters. The molecule has 4 aromatic carbocycles. The fraction of sp³-hybridized carbons (Fsp3) is 0.297. The molecule has 0 bridgehead atoms. The van der Waals surface area contributed by atoms with E-state index in [0.29, 0.717) is 13.0 Å². The smallest absolute Gasteiger partial charge is 0.243 e. The molecule has 41 heavy (non-hydrogen) atoms. The highest BCUT2D eigenvalue weighted by molar-refractivity contribution is 5.88. The maximum absolute atomic E-state index is 14.5. The minimum absolute atomic E-state index is 0.0199. The van der Waals surface area contributed by atoms with Gasteiger partial charge in [-0.2, -0.15) is 0 Å². The number of amides is 2. The molecule has 1 saturated carbocycles. The van der Waals surface area contributed by atoms with Crippen LogP contribution in [0.5, 0.6) is 0 Å². The molecule has 2 amide bonds. The number of rotatable bonds is 11. The van der Waals surface area contributed by atoms with Gasteiger partial charge < -0.3 is 10.2 Å². The summed E-state index contributed by atoms with van der Waals surface area (Å²) >= 11 is 0. The van der Waals surface area contributed by atoms with Gasteiger partial charge in [0, 0.05) is 31.3 Å². The fourth-order valence-corrected chi connectivity index (χ4v) is 5.98. The molecule has 1 aliphatic carbocycles. The largest absolute Gasteiger partial charge is 0.352 e. The van der Waals surface area contributed by atoms with E-state index < -0.39 is 6.04 Å². The van der Waals surface area contributed by atoms with Gasteiger partial charge in [0.2, 0.25) is 11.8 Å². The monoisotopic (exact) mass is 544 g/mol. The summed E-state index contributed by atoms with van der Waals surface area (Å²) < 4.78 is 0. The van der Waals surface area contributed by atoms with Gasteiger partial charge >= 0.3 is 0 Å². The van der Waals surface area contributed by atoms with E-state index in [9.17, 15) is 9.59 Å². The van der Waals surface area contributed by atoms with Gasteiger partial charge in [-0.15, -0.1) is 0 Å². The second-order valence-electron chi connectivity index (χ2n) is 11.2. The Hall–Kier alpha value is -4.18. The number of hydrogen-bond acceptors (Lipinski definition) is 2. The lowest BCUT2D eigenvalue weighted by Gasteiger charge is -2.34. The molecule has 0 aromatic heterocycles.